The van der Waals surface area contributed by atoms with Crippen LogP contribution < -0.4 is 5.32 Å². The fourth-order valence-electron chi connectivity index (χ4n) is 3.04. The first-order chi connectivity index (χ1) is 12.2. The maximum atomic E-state index is 11.9. The molecule has 1 aliphatic heterocycles. The van der Waals surface area contributed by atoms with Gasteiger partial charge in [-0.25, -0.2) is 4.79 Å². The van der Waals surface area contributed by atoms with Crippen LogP contribution in [-0.2, 0) is 4.74 Å². The molecule has 0 unspecified atom stereocenters. The smallest absolute Gasteiger partial charge is 0.408 e. The van der Waals surface area contributed by atoms with Crippen molar-refractivity contribution in [3.8, 4) is 11.1 Å². The summed E-state index contributed by atoms with van der Waals surface area (Å²) in [4.78, 5) is 16.2. The Hall–Kier alpha value is -2.85. The molecule has 5 heteroatoms. The number of alkyl carbamates (subject to hydrolysis) is 1. The van der Waals surface area contributed by atoms with Gasteiger partial charge in [0.15, 0.2) is 6.10 Å². The lowest BCUT2D eigenvalue weighted by Gasteiger charge is -2.18. The number of rotatable bonds is 3. The number of nitrogens with one attached hydrogen (secondary N) is 1. The quantitative estimate of drug-likeness (QED) is 0.729. The number of amides is 1. The van der Waals surface area contributed by atoms with Crippen molar-refractivity contribution in [2.45, 2.75) is 12.1 Å². The molecule has 4 rings (SSSR count). The zero-order valence-electron chi connectivity index (χ0n) is 13.2. The molecule has 1 saturated heterocycles. The van der Waals surface area contributed by atoms with E-state index in [1.54, 1.807) is 12.3 Å². The van der Waals surface area contributed by atoms with E-state index in [1.165, 1.54) is 0 Å². The molecule has 124 valence electrons. The summed E-state index contributed by atoms with van der Waals surface area (Å²) in [7, 11) is 0. The van der Waals surface area contributed by atoms with Gasteiger partial charge in [0, 0.05) is 23.0 Å². The van der Waals surface area contributed by atoms with E-state index in [2.05, 4.69) is 10.3 Å². The first kappa shape index (κ1) is 15.7. The molecular weight excluding hydrogens is 336 g/mol. The first-order valence-electron chi connectivity index (χ1n) is 7.94. The Kier molecular flexibility index (Phi) is 4.12. The van der Waals surface area contributed by atoms with Gasteiger partial charge in [0.2, 0.25) is 0 Å². The molecule has 1 N–H and O–H groups in total. The van der Waals surface area contributed by atoms with Gasteiger partial charge >= 0.3 is 6.09 Å². The Labute approximate surface area is 150 Å². The van der Waals surface area contributed by atoms with Crippen molar-refractivity contribution in [2.24, 2.45) is 0 Å². The van der Waals surface area contributed by atoms with Crippen LogP contribution in [0.4, 0.5) is 4.79 Å². The van der Waals surface area contributed by atoms with Gasteiger partial charge in [0.25, 0.3) is 0 Å². The topological polar surface area (TPSA) is 51.2 Å². The lowest BCUT2D eigenvalue weighted by Crippen LogP contribution is -2.19. The molecule has 0 aliphatic carbocycles. The SMILES string of the molecule is O=C1N[C@H](c2cncc(-c3ccccc3)c2)[C@@H](c2cccc(Cl)c2)O1. The van der Waals surface area contributed by atoms with E-state index in [9.17, 15) is 4.79 Å². The Bertz CT molecular complexity index is 914. The molecule has 2 atom stereocenters. The van der Waals surface area contributed by atoms with E-state index >= 15 is 0 Å². The molecule has 0 spiro atoms. The van der Waals surface area contributed by atoms with Crippen molar-refractivity contribution in [3.63, 3.8) is 0 Å². The minimum absolute atomic E-state index is 0.317. The van der Waals surface area contributed by atoms with Crippen molar-refractivity contribution in [1.82, 2.24) is 10.3 Å². The summed E-state index contributed by atoms with van der Waals surface area (Å²) in [5, 5.41) is 3.48. The second-order valence-corrected chi connectivity index (χ2v) is 6.31. The number of hydrogen-bond acceptors (Lipinski definition) is 3. The van der Waals surface area contributed by atoms with E-state index in [0.29, 0.717) is 5.02 Å². The average molecular weight is 351 g/mol. The molecule has 4 nitrogen and oxygen atoms in total. The average Bonchev–Trinajstić information content (AvgIpc) is 3.04. The number of cyclic esters (lactones) is 1. The van der Waals surface area contributed by atoms with Gasteiger partial charge in [0.1, 0.15) is 6.04 Å². The maximum absolute atomic E-state index is 11.9. The van der Waals surface area contributed by atoms with Crippen molar-refractivity contribution in [1.29, 1.82) is 0 Å². The van der Waals surface area contributed by atoms with Crippen LogP contribution in [0.3, 0.4) is 0 Å². The highest BCUT2D eigenvalue weighted by molar-refractivity contribution is 6.30. The number of hydrogen-bond donors (Lipinski definition) is 1. The number of aromatic nitrogens is 1. The van der Waals surface area contributed by atoms with Crippen LogP contribution in [0.2, 0.25) is 5.02 Å². The van der Waals surface area contributed by atoms with Crippen LogP contribution in [0.1, 0.15) is 23.3 Å². The monoisotopic (exact) mass is 350 g/mol. The molecule has 3 aromatic rings. The molecule has 0 bridgehead atoms. The highest BCUT2D eigenvalue weighted by Crippen LogP contribution is 2.38. The molecule has 1 aromatic heterocycles. The molecule has 1 fully saturated rings. The van der Waals surface area contributed by atoms with E-state index in [4.69, 9.17) is 16.3 Å². The number of carbonyl (C=O) groups excluding carboxylic acids is 1. The van der Waals surface area contributed by atoms with Crippen LogP contribution in [-0.4, -0.2) is 11.1 Å². The predicted molar refractivity (Wildman–Crippen MR) is 96.2 cm³/mol. The number of benzene rings is 2. The number of nitrogens with zero attached hydrogens (tertiary/aromatic N) is 1. The third-order valence-electron chi connectivity index (χ3n) is 4.21. The third-order valence-corrected chi connectivity index (χ3v) is 4.45. The van der Waals surface area contributed by atoms with Crippen LogP contribution in [0.25, 0.3) is 11.1 Å². The Morgan fingerprint density at radius 1 is 0.920 bits per heavy atom. The third kappa shape index (κ3) is 3.21. The summed E-state index contributed by atoms with van der Waals surface area (Å²) in [5.74, 6) is 0. The summed E-state index contributed by atoms with van der Waals surface area (Å²) < 4.78 is 5.48. The maximum Gasteiger partial charge on any atom is 0.408 e. The Balaban J connectivity index is 1.71. The highest BCUT2D eigenvalue weighted by atomic mass is 35.5. The lowest BCUT2D eigenvalue weighted by molar-refractivity contribution is 0.132. The summed E-state index contributed by atoms with van der Waals surface area (Å²) in [6.07, 6.45) is 2.67. The van der Waals surface area contributed by atoms with Gasteiger partial charge in [-0.15, -0.1) is 0 Å². The number of pyridine rings is 1. The molecule has 1 aliphatic rings. The van der Waals surface area contributed by atoms with E-state index in [1.807, 2.05) is 60.8 Å². The number of ether oxygens (including phenoxy) is 1. The van der Waals surface area contributed by atoms with Crippen molar-refractivity contribution in [2.75, 3.05) is 0 Å². The molecule has 0 saturated carbocycles. The number of halogens is 1. The zero-order chi connectivity index (χ0) is 17.2. The van der Waals surface area contributed by atoms with Crippen LogP contribution in [0, 0.1) is 0 Å². The van der Waals surface area contributed by atoms with Gasteiger partial charge in [-0.3, -0.25) is 4.98 Å². The Morgan fingerprint density at radius 3 is 2.56 bits per heavy atom. The van der Waals surface area contributed by atoms with Gasteiger partial charge in [-0.2, -0.15) is 0 Å². The van der Waals surface area contributed by atoms with Gasteiger partial charge in [-0.05, 0) is 34.9 Å². The first-order valence-corrected chi connectivity index (χ1v) is 8.31. The van der Waals surface area contributed by atoms with E-state index in [-0.39, 0.29) is 6.04 Å². The van der Waals surface area contributed by atoms with Gasteiger partial charge < -0.3 is 10.1 Å². The minimum atomic E-state index is -0.445. The fraction of sp³-hybridized carbons (Fsp3) is 0.100. The summed E-state index contributed by atoms with van der Waals surface area (Å²) in [5.41, 5.74) is 3.80. The van der Waals surface area contributed by atoms with Crippen LogP contribution in [0.5, 0.6) is 0 Å². The Morgan fingerprint density at radius 2 is 1.76 bits per heavy atom. The molecule has 1 amide bonds. The van der Waals surface area contributed by atoms with Crippen molar-refractivity contribution in [3.05, 3.63) is 89.2 Å². The summed E-state index contributed by atoms with van der Waals surface area (Å²) in [6.45, 7) is 0. The molecular formula is C20H15ClN2O2. The van der Waals surface area contributed by atoms with Gasteiger partial charge in [-0.1, -0.05) is 54.1 Å². The minimum Gasteiger partial charge on any atom is -0.439 e. The molecule has 25 heavy (non-hydrogen) atoms. The normalized spacial score (nSPS) is 19.3. The second kappa shape index (κ2) is 6.57. The summed E-state index contributed by atoms with van der Waals surface area (Å²) >= 11 is 6.09. The fourth-order valence-corrected chi connectivity index (χ4v) is 3.24. The van der Waals surface area contributed by atoms with E-state index in [0.717, 1.165) is 22.3 Å². The highest BCUT2D eigenvalue weighted by Gasteiger charge is 2.36. The summed E-state index contributed by atoms with van der Waals surface area (Å²) in [6, 6.07) is 19.1. The van der Waals surface area contributed by atoms with E-state index < -0.39 is 12.2 Å². The number of carbonyl (C=O) groups is 1. The van der Waals surface area contributed by atoms with Crippen LogP contribution >= 0.6 is 11.6 Å². The van der Waals surface area contributed by atoms with Crippen molar-refractivity contribution >= 4 is 17.7 Å². The van der Waals surface area contributed by atoms with Gasteiger partial charge in [0.05, 0.1) is 0 Å². The molecule has 2 heterocycles. The second-order valence-electron chi connectivity index (χ2n) is 5.88. The lowest BCUT2D eigenvalue weighted by atomic mass is 9.95. The molecule has 0 radical (unpaired) electrons. The largest absolute Gasteiger partial charge is 0.439 e. The molecule has 2 aromatic carbocycles. The van der Waals surface area contributed by atoms with Crippen molar-refractivity contribution < 1.29 is 9.53 Å². The zero-order valence-corrected chi connectivity index (χ0v) is 14.0. The standard InChI is InChI=1S/C20H15ClN2O2/c21-17-8-4-7-14(10-17)19-18(23-20(24)25-19)16-9-15(11-22-12-16)13-5-2-1-3-6-13/h1-12,18-19H,(H,23,24)/t18-,19-/m1/s1. The predicted octanol–water partition coefficient (Wildman–Crippen LogP) is 4.92. The van der Waals surface area contributed by atoms with Crippen LogP contribution in [0.15, 0.2) is 73.1 Å².